The Morgan fingerprint density at radius 1 is 1.10 bits per heavy atom. The summed E-state index contributed by atoms with van der Waals surface area (Å²) in [4.78, 5) is 17.0. The highest BCUT2D eigenvalue weighted by atomic mass is 16.6. The van der Waals surface area contributed by atoms with Crippen molar-refractivity contribution in [3.63, 3.8) is 0 Å². The van der Waals surface area contributed by atoms with Gasteiger partial charge in [0.2, 0.25) is 0 Å². The van der Waals surface area contributed by atoms with Gasteiger partial charge in [0.25, 0.3) is 5.91 Å². The number of fused-ring (bicyclic) bond motifs is 1. The first-order valence-electron chi connectivity index (χ1n) is 7.61. The average Bonchev–Trinajstić information content (AvgIpc) is 2.53. The number of hydrogen-bond donors (Lipinski definition) is 0. The standard InChI is InChI=1S/C16H22N2O3/c1-3-17-4-6-18(7-5-17)16(19)13-11-15-14(10-12(13)2)20-8-9-21-15/h10-11H,3-9H2,1-2H3. The molecule has 114 valence electrons. The summed E-state index contributed by atoms with van der Waals surface area (Å²) in [7, 11) is 0. The third-order valence-electron chi connectivity index (χ3n) is 4.23. The van der Waals surface area contributed by atoms with E-state index in [1.54, 1.807) is 0 Å². The highest BCUT2D eigenvalue weighted by Gasteiger charge is 2.24. The molecule has 1 amide bonds. The largest absolute Gasteiger partial charge is 0.486 e. The Bertz CT molecular complexity index is 537. The smallest absolute Gasteiger partial charge is 0.254 e. The molecule has 0 spiro atoms. The minimum atomic E-state index is 0.0974. The fourth-order valence-corrected chi connectivity index (χ4v) is 2.86. The zero-order chi connectivity index (χ0) is 14.8. The number of nitrogens with zero attached hydrogens (tertiary/aromatic N) is 2. The number of rotatable bonds is 2. The molecule has 2 aliphatic rings. The third-order valence-corrected chi connectivity index (χ3v) is 4.23. The lowest BCUT2D eigenvalue weighted by atomic mass is 10.1. The van der Waals surface area contributed by atoms with Gasteiger partial charge in [0.1, 0.15) is 13.2 Å². The van der Waals surface area contributed by atoms with Gasteiger partial charge in [-0.25, -0.2) is 0 Å². The van der Waals surface area contributed by atoms with Crippen LogP contribution in [0.2, 0.25) is 0 Å². The Morgan fingerprint density at radius 2 is 1.71 bits per heavy atom. The highest BCUT2D eigenvalue weighted by Crippen LogP contribution is 2.33. The molecule has 5 nitrogen and oxygen atoms in total. The van der Waals surface area contributed by atoms with Crippen molar-refractivity contribution in [3.05, 3.63) is 23.3 Å². The van der Waals surface area contributed by atoms with Gasteiger partial charge >= 0.3 is 0 Å². The van der Waals surface area contributed by atoms with Gasteiger partial charge in [-0.3, -0.25) is 4.79 Å². The van der Waals surface area contributed by atoms with Crippen molar-refractivity contribution in [2.45, 2.75) is 13.8 Å². The average molecular weight is 290 g/mol. The van der Waals surface area contributed by atoms with Gasteiger partial charge in [-0.05, 0) is 31.2 Å². The summed E-state index contributed by atoms with van der Waals surface area (Å²) in [6, 6.07) is 3.74. The third kappa shape index (κ3) is 2.83. The molecule has 0 aromatic heterocycles. The summed E-state index contributed by atoms with van der Waals surface area (Å²) in [5.41, 5.74) is 1.67. The van der Waals surface area contributed by atoms with Crippen LogP contribution in [-0.2, 0) is 0 Å². The monoisotopic (exact) mass is 290 g/mol. The first kappa shape index (κ1) is 14.2. The molecule has 3 rings (SSSR count). The lowest BCUT2D eigenvalue weighted by Gasteiger charge is -2.34. The van der Waals surface area contributed by atoms with E-state index >= 15 is 0 Å². The van der Waals surface area contributed by atoms with Crippen LogP contribution in [0.25, 0.3) is 0 Å². The lowest BCUT2D eigenvalue weighted by molar-refractivity contribution is 0.0641. The maximum absolute atomic E-state index is 12.7. The number of carbonyl (C=O) groups excluding carboxylic acids is 1. The Kier molecular flexibility index (Phi) is 4.01. The molecule has 1 aromatic carbocycles. The summed E-state index contributed by atoms with van der Waals surface area (Å²) in [5, 5.41) is 0. The highest BCUT2D eigenvalue weighted by molar-refractivity contribution is 5.96. The minimum absolute atomic E-state index is 0.0974. The van der Waals surface area contributed by atoms with Crippen molar-refractivity contribution in [1.29, 1.82) is 0 Å². The Balaban J connectivity index is 1.78. The first-order chi connectivity index (χ1) is 10.2. The van der Waals surface area contributed by atoms with E-state index in [-0.39, 0.29) is 5.91 Å². The van der Waals surface area contributed by atoms with Crippen LogP contribution in [-0.4, -0.2) is 61.6 Å². The van der Waals surface area contributed by atoms with Gasteiger partial charge in [-0.2, -0.15) is 0 Å². The van der Waals surface area contributed by atoms with E-state index < -0.39 is 0 Å². The van der Waals surface area contributed by atoms with Crippen molar-refractivity contribution >= 4 is 5.91 Å². The molecule has 0 aliphatic carbocycles. The van der Waals surface area contributed by atoms with E-state index in [0.717, 1.165) is 49.6 Å². The summed E-state index contributed by atoms with van der Waals surface area (Å²) in [5.74, 6) is 1.52. The molecule has 0 unspecified atom stereocenters. The second-order valence-electron chi connectivity index (χ2n) is 5.54. The molecule has 0 saturated carbocycles. The number of piperazine rings is 1. The van der Waals surface area contributed by atoms with Gasteiger partial charge in [0, 0.05) is 31.7 Å². The molecule has 1 fully saturated rings. The molecule has 0 N–H and O–H groups in total. The zero-order valence-corrected chi connectivity index (χ0v) is 12.7. The number of carbonyl (C=O) groups is 1. The predicted octanol–water partition coefficient (Wildman–Crippen LogP) is 1.54. The van der Waals surface area contributed by atoms with Crippen molar-refractivity contribution in [3.8, 4) is 11.5 Å². The second-order valence-corrected chi connectivity index (χ2v) is 5.54. The predicted molar refractivity (Wildman–Crippen MR) is 80.2 cm³/mol. The minimum Gasteiger partial charge on any atom is -0.486 e. The molecule has 5 heteroatoms. The van der Waals surface area contributed by atoms with Gasteiger partial charge < -0.3 is 19.3 Å². The van der Waals surface area contributed by atoms with E-state index in [2.05, 4.69) is 11.8 Å². The van der Waals surface area contributed by atoms with Gasteiger partial charge in [-0.1, -0.05) is 6.92 Å². The number of likely N-dealkylation sites (N-methyl/N-ethyl adjacent to an activating group) is 1. The normalized spacial score (nSPS) is 18.7. The quantitative estimate of drug-likeness (QED) is 0.828. The molecule has 0 radical (unpaired) electrons. The van der Waals surface area contributed by atoms with Crippen LogP contribution >= 0.6 is 0 Å². The van der Waals surface area contributed by atoms with Crippen LogP contribution in [0.1, 0.15) is 22.8 Å². The van der Waals surface area contributed by atoms with Crippen molar-refractivity contribution in [2.75, 3.05) is 45.9 Å². The molecule has 0 atom stereocenters. The first-order valence-corrected chi connectivity index (χ1v) is 7.61. The number of amides is 1. The molecule has 21 heavy (non-hydrogen) atoms. The molecule has 2 aliphatic heterocycles. The van der Waals surface area contributed by atoms with E-state index in [9.17, 15) is 4.79 Å². The molecular formula is C16H22N2O3. The topological polar surface area (TPSA) is 42.0 Å². The second kappa shape index (κ2) is 5.93. The van der Waals surface area contributed by atoms with E-state index in [1.165, 1.54) is 0 Å². The maximum Gasteiger partial charge on any atom is 0.254 e. The summed E-state index contributed by atoms with van der Waals surface area (Å²) < 4.78 is 11.1. The van der Waals surface area contributed by atoms with E-state index in [4.69, 9.17) is 9.47 Å². The van der Waals surface area contributed by atoms with Crippen molar-refractivity contribution in [1.82, 2.24) is 9.80 Å². The van der Waals surface area contributed by atoms with Crippen LogP contribution < -0.4 is 9.47 Å². The fourth-order valence-electron chi connectivity index (χ4n) is 2.86. The number of benzene rings is 1. The SMILES string of the molecule is CCN1CCN(C(=O)c2cc3c(cc2C)OCCO3)CC1. The zero-order valence-electron chi connectivity index (χ0n) is 12.7. The lowest BCUT2D eigenvalue weighted by Crippen LogP contribution is -2.48. The number of hydrogen-bond acceptors (Lipinski definition) is 4. The number of ether oxygens (including phenoxy) is 2. The Morgan fingerprint density at radius 3 is 2.33 bits per heavy atom. The van der Waals surface area contributed by atoms with Crippen molar-refractivity contribution < 1.29 is 14.3 Å². The van der Waals surface area contributed by atoms with Crippen LogP contribution in [0.5, 0.6) is 11.5 Å². The summed E-state index contributed by atoms with van der Waals surface area (Å²) in [6.07, 6.45) is 0. The van der Waals surface area contributed by atoms with Gasteiger partial charge in [0.15, 0.2) is 11.5 Å². The van der Waals surface area contributed by atoms with Crippen LogP contribution in [0.15, 0.2) is 12.1 Å². The van der Waals surface area contributed by atoms with Gasteiger partial charge in [-0.15, -0.1) is 0 Å². The number of aryl methyl sites for hydroxylation is 1. The molecular weight excluding hydrogens is 268 g/mol. The Hall–Kier alpha value is -1.75. The van der Waals surface area contributed by atoms with E-state index in [0.29, 0.717) is 19.0 Å². The summed E-state index contributed by atoms with van der Waals surface area (Å²) in [6.45, 7) is 9.75. The van der Waals surface area contributed by atoms with Gasteiger partial charge in [0.05, 0.1) is 0 Å². The molecule has 2 heterocycles. The molecule has 1 saturated heterocycles. The van der Waals surface area contributed by atoms with Crippen molar-refractivity contribution in [2.24, 2.45) is 0 Å². The van der Waals surface area contributed by atoms with Crippen LogP contribution in [0, 0.1) is 6.92 Å². The fraction of sp³-hybridized carbons (Fsp3) is 0.562. The van der Waals surface area contributed by atoms with Crippen LogP contribution in [0.3, 0.4) is 0 Å². The molecule has 1 aromatic rings. The van der Waals surface area contributed by atoms with Crippen LogP contribution in [0.4, 0.5) is 0 Å². The Labute approximate surface area is 125 Å². The van der Waals surface area contributed by atoms with E-state index in [1.807, 2.05) is 24.0 Å². The summed E-state index contributed by atoms with van der Waals surface area (Å²) >= 11 is 0. The maximum atomic E-state index is 12.7. The molecule has 0 bridgehead atoms.